The van der Waals surface area contributed by atoms with Crippen molar-refractivity contribution in [1.82, 2.24) is 4.98 Å². The monoisotopic (exact) mass is 247 g/mol. The van der Waals surface area contributed by atoms with Crippen molar-refractivity contribution in [3.05, 3.63) is 18.3 Å². The molecule has 2 heterocycles. The van der Waals surface area contributed by atoms with Gasteiger partial charge in [0.15, 0.2) is 0 Å². The summed E-state index contributed by atoms with van der Waals surface area (Å²) in [5, 5.41) is 0. The Bertz CT molecular complexity index is 406. The van der Waals surface area contributed by atoms with Crippen LogP contribution in [0.5, 0.6) is 5.75 Å². The number of aromatic nitrogens is 1. The first-order valence-electron chi connectivity index (χ1n) is 6.78. The first-order chi connectivity index (χ1) is 8.78. The molecule has 18 heavy (non-hydrogen) atoms. The molecule has 3 rings (SSSR count). The summed E-state index contributed by atoms with van der Waals surface area (Å²) in [5.74, 6) is 3.28. The third kappa shape index (κ3) is 2.05. The highest BCUT2D eigenvalue weighted by Crippen LogP contribution is 2.37. The summed E-state index contributed by atoms with van der Waals surface area (Å²) < 4.78 is 5.14. The highest BCUT2D eigenvalue weighted by Gasteiger charge is 2.38. The van der Waals surface area contributed by atoms with Crippen LogP contribution in [0.25, 0.3) is 0 Å². The van der Waals surface area contributed by atoms with E-state index in [4.69, 9.17) is 10.5 Å². The molecular weight excluding hydrogens is 226 g/mol. The van der Waals surface area contributed by atoms with Gasteiger partial charge in [0.1, 0.15) is 11.6 Å². The Labute approximate surface area is 108 Å². The molecule has 0 bridgehead atoms. The van der Waals surface area contributed by atoms with Crippen LogP contribution >= 0.6 is 0 Å². The van der Waals surface area contributed by atoms with Crippen LogP contribution in [-0.4, -0.2) is 31.2 Å². The number of methoxy groups -OCH3 is 1. The number of nitrogens with zero attached hydrogens (tertiary/aromatic N) is 2. The van der Waals surface area contributed by atoms with Crippen LogP contribution < -0.4 is 15.4 Å². The molecule has 0 amide bonds. The topological polar surface area (TPSA) is 51.4 Å². The molecule has 0 spiro atoms. The molecule has 4 nitrogen and oxygen atoms in total. The molecule has 0 aromatic carbocycles. The molecule has 3 unspecified atom stereocenters. The second kappa shape index (κ2) is 4.76. The van der Waals surface area contributed by atoms with Crippen LogP contribution in [0.1, 0.15) is 19.3 Å². The van der Waals surface area contributed by atoms with Crippen LogP contribution in [-0.2, 0) is 0 Å². The van der Waals surface area contributed by atoms with Gasteiger partial charge < -0.3 is 15.4 Å². The average molecular weight is 247 g/mol. The maximum atomic E-state index is 6.24. The number of hydrogen-bond donors (Lipinski definition) is 1. The molecule has 0 radical (unpaired) electrons. The first kappa shape index (κ1) is 11.8. The SMILES string of the molecule is COc1ccc(N2CC3CCCC(N)C3C2)nc1. The molecule has 4 heteroatoms. The van der Waals surface area contributed by atoms with Gasteiger partial charge in [-0.2, -0.15) is 0 Å². The van der Waals surface area contributed by atoms with Crippen LogP contribution in [0.2, 0.25) is 0 Å². The van der Waals surface area contributed by atoms with Crippen molar-refractivity contribution in [2.24, 2.45) is 17.6 Å². The highest BCUT2D eigenvalue weighted by atomic mass is 16.5. The molecule has 2 fully saturated rings. The highest BCUT2D eigenvalue weighted by molar-refractivity contribution is 5.42. The number of pyridine rings is 1. The van der Waals surface area contributed by atoms with Crippen molar-refractivity contribution >= 4 is 5.82 Å². The van der Waals surface area contributed by atoms with Crippen LogP contribution in [0.3, 0.4) is 0 Å². The first-order valence-corrected chi connectivity index (χ1v) is 6.78. The summed E-state index contributed by atoms with van der Waals surface area (Å²) in [6.45, 7) is 2.17. The van der Waals surface area contributed by atoms with Gasteiger partial charge in [-0.05, 0) is 36.8 Å². The van der Waals surface area contributed by atoms with E-state index in [0.29, 0.717) is 12.0 Å². The van der Waals surface area contributed by atoms with Crippen LogP contribution in [0.15, 0.2) is 18.3 Å². The number of fused-ring (bicyclic) bond motifs is 1. The molecule has 98 valence electrons. The third-order valence-electron chi connectivity index (χ3n) is 4.43. The third-order valence-corrected chi connectivity index (χ3v) is 4.43. The molecule has 1 saturated heterocycles. The molecule has 1 aliphatic carbocycles. The Morgan fingerprint density at radius 1 is 1.33 bits per heavy atom. The van der Waals surface area contributed by atoms with Gasteiger partial charge in [-0.3, -0.25) is 0 Å². The lowest BCUT2D eigenvalue weighted by molar-refractivity contribution is 0.260. The Balaban J connectivity index is 1.74. The number of nitrogens with two attached hydrogens (primary N) is 1. The molecular formula is C14H21N3O. The molecule has 3 atom stereocenters. The molecule has 1 aromatic rings. The predicted molar refractivity (Wildman–Crippen MR) is 71.8 cm³/mol. The van der Waals surface area contributed by atoms with Crippen molar-refractivity contribution < 1.29 is 4.74 Å². The van der Waals surface area contributed by atoms with Gasteiger partial charge in [0.25, 0.3) is 0 Å². The Kier molecular flexibility index (Phi) is 3.12. The zero-order valence-corrected chi connectivity index (χ0v) is 10.9. The Morgan fingerprint density at radius 3 is 2.89 bits per heavy atom. The minimum Gasteiger partial charge on any atom is -0.495 e. The van der Waals surface area contributed by atoms with Crippen molar-refractivity contribution in [2.75, 3.05) is 25.1 Å². The summed E-state index contributed by atoms with van der Waals surface area (Å²) in [5.41, 5.74) is 6.24. The van der Waals surface area contributed by atoms with Crippen molar-refractivity contribution in [3.63, 3.8) is 0 Å². The lowest BCUT2D eigenvalue weighted by atomic mass is 9.78. The smallest absolute Gasteiger partial charge is 0.137 e. The summed E-state index contributed by atoms with van der Waals surface area (Å²) >= 11 is 0. The fraction of sp³-hybridized carbons (Fsp3) is 0.643. The maximum Gasteiger partial charge on any atom is 0.137 e. The van der Waals surface area contributed by atoms with E-state index < -0.39 is 0 Å². The van der Waals surface area contributed by atoms with Crippen LogP contribution in [0, 0.1) is 11.8 Å². The molecule has 2 N–H and O–H groups in total. The normalized spacial score (nSPS) is 31.2. The summed E-state index contributed by atoms with van der Waals surface area (Å²) in [7, 11) is 1.67. The van der Waals surface area contributed by atoms with Crippen LogP contribution in [0.4, 0.5) is 5.82 Å². The van der Waals surface area contributed by atoms with Gasteiger partial charge in [-0.15, -0.1) is 0 Å². The van der Waals surface area contributed by atoms with E-state index in [2.05, 4.69) is 9.88 Å². The standard InChI is InChI=1S/C14H21N3O/c1-18-11-5-6-14(16-7-11)17-8-10-3-2-4-13(15)12(10)9-17/h5-7,10,12-13H,2-4,8-9,15H2,1H3. The zero-order valence-electron chi connectivity index (χ0n) is 10.9. The maximum absolute atomic E-state index is 6.24. The number of anilines is 1. The molecule has 2 aliphatic rings. The minimum atomic E-state index is 0.381. The predicted octanol–water partition coefficient (Wildman–Crippen LogP) is 1.65. The lowest BCUT2D eigenvalue weighted by Gasteiger charge is -2.29. The van der Waals surface area contributed by atoms with E-state index in [9.17, 15) is 0 Å². The summed E-state index contributed by atoms with van der Waals surface area (Å²) in [6.07, 6.45) is 5.58. The second-order valence-corrected chi connectivity index (χ2v) is 5.48. The lowest BCUT2D eigenvalue weighted by Crippen LogP contribution is -2.38. The Hall–Kier alpha value is -1.29. The van der Waals surface area contributed by atoms with Gasteiger partial charge in [-0.25, -0.2) is 4.98 Å². The van der Waals surface area contributed by atoms with Crippen molar-refractivity contribution in [2.45, 2.75) is 25.3 Å². The zero-order chi connectivity index (χ0) is 12.5. The largest absolute Gasteiger partial charge is 0.495 e. The van der Waals surface area contributed by atoms with Gasteiger partial charge in [0.2, 0.25) is 0 Å². The van der Waals surface area contributed by atoms with E-state index >= 15 is 0 Å². The Morgan fingerprint density at radius 2 is 2.22 bits per heavy atom. The fourth-order valence-corrected chi connectivity index (χ4v) is 3.38. The van der Waals surface area contributed by atoms with Crippen molar-refractivity contribution in [3.8, 4) is 5.75 Å². The van der Waals surface area contributed by atoms with E-state index in [1.165, 1.54) is 19.3 Å². The minimum absolute atomic E-state index is 0.381. The number of hydrogen-bond acceptors (Lipinski definition) is 4. The summed E-state index contributed by atoms with van der Waals surface area (Å²) in [4.78, 5) is 6.85. The van der Waals surface area contributed by atoms with E-state index in [1.54, 1.807) is 13.3 Å². The second-order valence-electron chi connectivity index (χ2n) is 5.48. The van der Waals surface area contributed by atoms with Gasteiger partial charge >= 0.3 is 0 Å². The van der Waals surface area contributed by atoms with Gasteiger partial charge in [-0.1, -0.05) is 6.42 Å². The molecule has 1 saturated carbocycles. The fourth-order valence-electron chi connectivity index (χ4n) is 3.38. The van der Waals surface area contributed by atoms with E-state index in [0.717, 1.165) is 30.6 Å². The number of rotatable bonds is 2. The van der Waals surface area contributed by atoms with Crippen molar-refractivity contribution in [1.29, 1.82) is 0 Å². The van der Waals surface area contributed by atoms with Gasteiger partial charge in [0, 0.05) is 19.1 Å². The van der Waals surface area contributed by atoms with Gasteiger partial charge in [0.05, 0.1) is 13.3 Å². The molecule has 1 aliphatic heterocycles. The molecule has 1 aromatic heterocycles. The van der Waals surface area contributed by atoms with E-state index in [1.807, 2.05) is 12.1 Å². The summed E-state index contributed by atoms with van der Waals surface area (Å²) in [6, 6.07) is 4.40. The number of ether oxygens (including phenoxy) is 1. The quantitative estimate of drug-likeness (QED) is 0.863. The average Bonchev–Trinajstić information content (AvgIpc) is 2.84. The van der Waals surface area contributed by atoms with E-state index in [-0.39, 0.29) is 0 Å².